The van der Waals surface area contributed by atoms with E-state index in [0.29, 0.717) is 5.95 Å². The number of morpholine rings is 1. The van der Waals surface area contributed by atoms with Gasteiger partial charge in [-0.05, 0) is 12.8 Å². The van der Waals surface area contributed by atoms with Crippen LogP contribution in [-0.2, 0) is 11.2 Å². The number of nitrogens with zero attached hydrogens (tertiary/aromatic N) is 4. The molecule has 1 aromatic heterocycles. The van der Waals surface area contributed by atoms with Crippen LogP contribution < -0.4 is 10.2 Å². The van der Waals surface area contributed by atoms with Crippen LogP contribution in [0.2, 0.25) is 0 Å². The highest BCUT2D eigenvalue weighted by atomic mass is 16.5. The van der Waals surface area contributed by atoms with Gasteiger partial charge in [0.1, 0.15) is 5.82 Å². The Morgan fingerprint density at radius 1 is 1.10 bits per heavy atom. The van der Waals surface area contributed by atoms with E-state index in [0.717, 1.165) is 70.3 Å². The molecule has 1 aliphatic rings. The average molecular weight is 279 g/mol. The number of aromatic nitrogens is 3. The molecule has 112 valence electrons. The van der Waals surface area contributed by atoms with Crippen LogP contribution in [0.3, 0.4) is 0 Å². The van der Waals surface area contributed by atoms with Crippen LogP contribution in [0.4, 0.5) is 11.9 Å². The first-order chi connectivity index (χ1) is 9.83. The fraction of sp³-hybridized carbons (Fsp3) is 0.786. The van der Waals surface area contributed by atoms with E-state index >= 15 is 0 Å². The molecule has 0 aromatic carbocycles. The lowest BCUT2D eigenvalue weighted by atomic mass is 10.2. The molecule has 2 rings (SSSR count). The van der Waals surface area contributed by atoms with Gasteiger partial charge in [-0.3, -0.25) is 0 Å². The second kappa shape index (κ2) is 7.99. The molecule has 0 radical (unpaired) electrons. The maximum atomic E-state index is 5.38. The molecular weight excluding hydrogens is 254 g/mol. The molecule has 6 heteroatoms. The van der Waals surface area contributed by atoms with Crippen molar-refractivity contribution in [2.75, 3.05) is 43.1 Å². The number of hydrogen-bond donors (Lipinski definition) is 1. The smallest absolute Gasteiger partial charge is 0.230 e. The Labute approximate surface area is 121 Å². The topological polar surface area (TPSA) is 63.2 Å². The van der Waals surface area contributed by atoms with Gasteiger partial charge in [-0.15, -0.1) is 0 Å². The second-order valence-corrected chi connectivity index (χ2v) is 5.00. The molecule has 0 spiro atoms. The van der Waals surface area contributed by atoms with Crippen molar-refractivity contribution in [1.82, 2.24) is 15.0 Å². The SMILES string of the molecule is CCCCc1nc(NCCC)nc(N2CCOCC2)n1. The molecule has 1 aromatic rings. The number of rotatable bonds is 7. The number of aryl methyl sites for hydroxylation is 1. The third kappa shape index (κ3) is 4.30. The number of ether oxygens (including phenoxy) is 1. The summed E-state index contributed by atoms with van der Waals surface area (Å²) in [6.45, 7) is 8.39. The Morgan fingerprint density at radius 3 is 2.60 bits per heavy atom. The van der Waals surface area contributed by atoms with E-state index in [2.05, 4.69) is 39.0 Å². The Bertz CT molecular complexity index is 380. The first-order valence-corrected chi connectivity index (χ1v) is 7.65. The highest BCUT2D eigenvalue weighted by Crippen LogP contribution is 2.14. The van der Waals surface area contributed by atoms with Crippen LogP contribution in [0.5, 0.6) is 0 Å². The normalized spacial score (nSPS) is 15.4. The van der Waals surface area contributed by atoms with Crippen molar-refractivity contribution in [2.24, 2.45) is 0 Å². The van der Waals surface area contributed by atoms with Crippen LogP contribution in [0.25, 0.3) is 0 Å². The largest absolute Gasteiger partial charge is 0.378 e. The van der Waals surface area contributed by atoms with E-state index in [1.165, 1.54) is 0 Å². The van der Waals surface area contributed by atoms with Crippen LogP contribution in [0.1, 0.15) is 38.9 Å². The Kier molecular flexibility index (Phi) is 5.98. The van der Waals surface area contributed by atoms with Crippen LogP contribution in [0.15, 0.2) is 0 Å². The molecule has 1 fully saturated rings. The third-order valence-electron chi connectivity index (χ3n) is 3.25. The Morgan fingerprint density at radius 2 is 1.90 bits per heavy atom. The number of nitrogens with one attached hydrogen (secondary N) is 1. The number of anilines is 2. The first kappa shape index (κ1) is 15.0. The molecule has 0 amide bonds. The maximum Gasteiger partial charge on any atom is 0.230 e. The average Bonchev–Trinajstić information content (AvgIpc) is 2.51. The lowest BCUT2D eigenvalue weighted by Crippen LogP contribution is -2.37. The first-order valence-electron chi connectivity index (χ1n) is 7.65. The van der Waals surface area contributed by atoms with Crippen LogP contribution in [-0.4, -0.2) is 47.8 Å². The van der Waals surface area contributed by atoms with Gasteiger partial charge in [-0.1, -0.05) is 20.3 Å². The van der Waals surface area contributed by atoms with Crippen molar-refractivity contribution in [3.05, 3.63) is 5.82 Å². The van der Waals surface area contributed by atoms with Gasteiger partial charge < -0.3 is 15.0 Å². The van der Waals surface area contributed by atoms with Crippen molar-refractivity contribution in [2.45, 2.75) is 39.5 Å². The molecule has 2 heterocycles. The van der Waals surface area contributed by atoms with Crippen molar-refractivity contribution in [1.29, 1.82) is 0 Å². The van der Waals surface area contributed by atoms with E-state index in [1.807, 2.05) is 0 Å². The van der Waals surface area contributed by atoms with E-state index < -0.39 is 0 Å². The fourth-order valence-corrected chi connectivity index (χ4v) is 2.07. The van der Waals surface area contributed by atoms with Gasteiger partial charge >= 0.3 is 0 Å². The predicted octanol–water partition coefficient (Wildman–Crippen LogP) is 1.87. The summed E-state index contributed by atoms with van der Waals surface area (Å²) in [5, 5.41) is 3.27. The van der Waals surface area contributed by atoms with E-state index in [4.69, 9.17) is 4.74 Å². The molecule has 0 unspecified atom stereocenters. The van der Waals surface area contributed by atoms with E-state index in [1.54, 1.807) is 0 Å². The van der Waals surface area contributed by atoms with Crippen molar-refractivity contribution >= 4 is 11.9 Å². The fourth-order valence-electron chi connectivity index (χ4n) is 2.07. The quantitative estimate of drug-likeness (QED) is 0.822. The number of unbranched alkanes of at least 4 members (excludes halogenated alkanes) is 1. The molecule has 0 bridgehead atoms. The summed E-state index contributed by atoms with van der Waals surface area (Å²) < 4.78 is 5.38. The molecule has 1 aliphatic heterocycles. The monoisotopic (exact) mass is 279 g/mol. The summed E-state index contributed by atoms with van der Waals surface area (Å²) in [6.07, 6.45) is 4.23. The Balaban J connectivity index is 2.14. The van der Waals surface area contributed by atoms with Gasteiger partial charge in [0.15, 0.2) is 0 Å². The van der Waals surface area contributed by atoms with E-state index in [-0.39, 0.29) is 0 Å². The highest BCUT2D eigenvalue weighted by molar-refractivity contribution is 5.37. The summed E-state index contributed by atoms with van der Waals surface area (Å²) in [7, 11) is 0. The summed E-state index contributed by atoms with van der Waals surface area (Å²) in [5.41, 5.74) is 0. The van der Waals surface area contributed by atoms with Crippen LogP contribution >= 0.6 is 0 Å². The third-order valence-corrected chi connectivity index (χ3v) is 3.25. The number of hydrogen-bond acceptors (Lipinski definition) is 6. The molecule has 0 atom stereocenters. The molecule has 6 nitrogen and oxygen atoms in total. The minimum Gasteiger partial charge on any atom is -0.378 e. The second-order valence-electron chi connectivity index (χ2n) is 5.00. The summed E-state index contributed by atoms with van der Waals surface area (Å²) in [6, 6.07) is 0. The minimum absolute atomic E-state index is 0.703. The zero-order valence-corrected chi connectivity index (χ0v) is 12.6. The molecular formula is C14H25N5O. The molecule has 20 heavy (non-hydrogen) atoms. The lowest BCUT2D eigenvalue weighted by molar-refractivity contribution is 0.122. The summed E-state index contributed by atoms with van der Waals surface area (Å²) in [4.78, 5) is 15.8. The maximum absolute atomic E-state index is 5.38. The highest BCUT2D eigenvalue weighted by Gasteiger charge is 2.16. The van der Waals surface area contributed by atoms with Gasteiger partial charge in [-0.25, -0.2) is 0 Å². The van der Waals surface area contributed by atoms with Gasteiger partial charge in [0.25, 0.3) is 0 Å². The summed E-state index contributed by atoms with van der Waals surface area (Å²) in [5.74, 6) is 2.38. The molecule has 0 aliphatic carbocycles. The minimum atomic E-state index is 0.703. The van der Waals surface area contributed by atoms with Gasteiger partial charge in [0.2, 0.25) is 11.9 Å². The van der Waals surface area contributed by atoms with Gasteiger partial charge in [0.05, 0.1) is 13.2 Å². The zero-order valence-electron chi connectivity index (χ0n) is 12.6. The van der Waals surface area contributed by atoms with Crippen LogP contribution in [0, 0.1) is 0 Å². The van der Waals surface area contributed by atoms with Gasteiger partial charge in [0, 0.05) is 26.1 Å². The van der Waals surface area contributed by atoms with Gasteiger partial charge in [-0.2, -0.15) is 15.0 Å². The molecule has 1 saturated heterocycles. The van der Waals surface area contributed by atoms with Crippen molar-refractivity contribution in [3.8, 4) is 0 Å². The predicted molar refractivity (Wildman–Crippen MR) is 80.3 cm³/mol. The molecule has 1 N–H and O–H groups in total. The van der Waals surface area contributed by atoms with Crippen molar-refractivity contribution < 1.29 is 4.74 Å². The zero-order chi connectivity index (χ0) is 14.2. The lowest BCUT2D eigenvalue weighted by Gasteiger charge is -2.27. The van der Waals surface area contributed by atoms with Crippen molar-refractivity contribution in [3.63, 3.8) is 0 Å². The summed E-state index contributed by atoms with van der Waals surface area (Å²) >= 11 is 0. The Hall–Kier alpha value is -1.43. The van der Waals surface area contributed by atoms with E-state index in [9.17, 15) is 0 Å². The standard InChI is InChI=1S/C14H25N5O/c1-3-5-6-12-16-13(15-7-4-2)18-14(17-12)19-8-10-20-11-9-19/h3-11H2,1-2H3,(H,15,16,17,18). The molecule has 0 saturated carbocycles.